The second-order valence-electron chi connectivity index (χ2n) is 9.02. The molecule has 1 unspecified atom stereocenters. The van der Waals surface area contributed by atoms with Crippen molar-refractivity contribution in [1.82, 2.24) is 10.6 Å². The van der Waals surface area contributed by atoms with Gasteiger partial charge in [-0.2, -0.15) is 26.3 Å². The number of amidine groups is 1. The van der Waals surface area contributed by atoms with Crippen LogP contribution in [-0.2, 0) is 27.4 Å². The van der Waals surface area contributed by atoms with Crippen LogP contribution in [-0.4, -0.2) is 38.4 Å². The zero-order valence-corrected chi connectivity index (χ0v) is 19.5. The number of nitrogens with one attached hydrogen (secondary N) is 2. The number of rotatable bonds is 6. The SMILES string of the molecule is C[C@@H](OCC1(c2ccccc2)CC[C@H](N=C2NCCO2)CN1)c1cc(C(F)(F)F)cc(C(F)(F)F)c1. The summed E-state index contributed by atoms with van der Waals surface area (Å²) in [6.45, 7) is 3.26. The molecule has 0 aromatic heterocycles. The molecule has 11 heteroatoms. The molecule has 2 aliphatic heterocycles. The number of aliphatic imine (C=N–C) groups is 1. The van der Waals surface area contributed by atoms with E-state index >= 15 is 0 Å². The number of nitrogens with zero attached hydrogens (tertiary/aromatic N) is 1. The van der Waals surface area contributed by atoms with E-state index in [4.69, 9.17) is 9.47 Å². The highest BCUT2D eigenvalue weighted by Gasteiger charge is 2.39. The lowest BCUT2D eigenvalue weighted by atomic mass is 9.81. The molecule has 2 aromatic carbocycles. The lowest BCUT2D eigenvalue weighted by molar-refractivity contribution is -0.143. The van der Waals surface area contributed by atoms with E-state index in [1.165, 1.54) is 6.92 Å². The molecule has 0 bridgehead atoms. The molecule has 0 amide bonds. The van der Waals surface area contributed by atoms with Crippen LogP contribution >= 0.6 is 0 Å². The van der Waals surface area contributed by atoms with E-state index in [0.29, 0.717) is 50.7 Å². The average Bonchev–Trinajstić information content (AvgIpc) is 3.36. The fraction of sp³-hybridized carbons (Fsp3) is 0.480. The molecule has 0 aliphatic carbocycles. The highest BCUT2D eigenvalue weighted by Crippen LogP contribution is 2.39. The maximum absolute atomic E-state index is 13.3. The summed E-state index contributed by atoms with van der Waals surface area (Å²) in [6.07, 6.45) is -9.55. The van der Waals surface area contributed by atoms with Crippen LogP contribution in [0.3, 0.4) is 0 Å². The summed E-state index contributed by atoms with van der Waals surface area (Å²) in [4.78, 5) is 4.57. The zero-order chi connectivity index (χ0) is 26.0. The van der Waals surface area contributed by atoms with Gasteiger partial charge < -0.3 is 20.1 Å². The van der Waals surface area contributed by atoms with E-state index in [9.17, 15) is 26.3 Å². The van der Waals surface area contributed by atoms with Gasteiger partial charge in [0, 0.05) is 6.54 Å². The maximum atomic E-state index is 13.3. The van der Waals surface area contributed by atoms with Gasteiger partial charge in [-0.15, -0.1) is 0 Å². The smallest absolute Gasteiger partial charge is 0.416 e. The van der Waals surface area contributed by atoms with Gasteiger partial charge in [-0.05, 0) is 49.1 Å². The zero-order valence-electron chi connectivity index (χ0n) is 19.5. The first kappa shape index (κ1) is 26.3. The van der Waals surface area contributed by atoms with Crippen LogP contribution in [0.2, 0.25) is 0 Å². The molecule has 196 valence electrons. The van der Waals surface area contributed by atoms with Gasteiger partial charge in [0.15, 0.2) is 0 Å². The van der Waals surface area contributed by atoms with Gasteiger partial charge in [0.25, 0.3) is 6.02 Å². The lowest BCUT2D eigenvalue weighted by Gasteiger charge is -2.41. The summed E-state index contributed by atoms with van der Waals surface area (Å²) in [5.41, 5.74) is -2.67. The van der Waals surface area contributed by atoms with E-state index in [-0.39, 0.29) is 24.3 Å². The number of ether oxygens (including phenoxy) is 2. The largest absolute Gasteiger partial charge is 0.463 e. The average molecular weight is 515 g/mol. The van der Waals surface area contributed by atoms with Crippen LogP contribution in [0.5, 0.6) is 0 Å². The number of hydrogen-bond acceptors (Lipinski definition) is 4. The molecule has 4 rings (SSSR count). The molecule has 36 heavy (non-hydrogen) atoms. The first-order valence-corrected chi connectivity index (χ1v) is 11.6. The molecule has 0 radical (unpaired) electrons. The van der Waals surface area contributed by atoms with Crippen LogP contribution in [0, 0.1) is 0 Å². The summed E-state index contributed by atoms with van der Waals surface area (Å²) < 4.78 is 91.2. The third kappa shape index (κ3) is 6.12. The lowest BCUT2D eigenvalue weighted by Crippen LogP contribution is -2.53. The minimum atomic E-state index is -4.92. The molecule has 3 atom stereocenters. The van der Waals surface area contributed by atoms with Gasteiger partial charge in [0.2, 0.25) is 0 Å². The van der Waals surface area contributed by atoms with Crippen LogP contribution in [0.1, 0.15) is 48.1 Å². The van der Waals surface area contributed by atoms with Gasteiger partial charge in [-0.25, -0.2) is 4.99 Å². The molecule has 2 heterocycles. The Bertz CT molecular complexity index is 1020. The topological polar surface area (TPSA) is 54.9 Å². The van der Waals surface area contributed by atoms with E-state index in [1.807, 2.05) is 30.3 Å². The van der Waals surface area contributed by atoms with Crippen molar-refractivity contribution >= 4 is 6.02 Å². The Morgan fingerprint density at radius 1 is 1.06 bits per heavy atom. The summed E-state index contributed by atoms with van der Waals surface area (Å²) in [6, 6.07) is 11.4. The van der Waals surface area contributed by atoms with Crippen LogP contribution in [0.25, 0.3) is 0 Å². The van der Waals surface area contributed by atoms with Crippen LogP contribution in [0.4, 0.5) is 26.3 Å². The molecule has 2 aliphatic rings. The van der Waals surface area contributed by atoms with Crippen molar-refractivity contribution in [3.63, 3.8) is 0 Å². The maximum Gasteiger partial charge on any atom is 0.416 e. The van der Waals surface area contributed by atoms with Gasteiger partial charge in [-0.1, -0.05) is 30.3 Å². The molecule has 2 aromatic rings. The molecule has 0 spiro atoms. The third-order valence-corrected chi connectivity index (χ3v) is 6.48. The molecule has 2 N–H and O–H groups in total. The van der Waals surface area contributed by atoms with E-state index < -0.39 is 35.1 Å². The van der Waals surface area contributed by atoms with E-state index in [2.05, 4.69) is 15.6 Å². The molecule has 2 saturated heterocycles. The summed E-state index contributed by atoms with van der Waals surface area (Å²) >= 11 is 0. The van der Waals surface area contributed by atoms with Crippen molar-refractivity contribution in [3.05, 3.63) is 70.8 Å². The van der Waals surface area contributed by atoms with Crippen molar-refractivity contribution in [1.29, 1.82) is 0 Å². The van der Waals surface area contributed by atoms with Crippen molar-refractivity contribution < 1.29 is 35.8 Å². The standard InChI is InChI=1S/C25H27F6N3O2/c1-16(17-11-19(24(26,27)28)13-20(12-17)25(29,30)31)36-15-23(18-5-3-2-4-6-18)8-7-21(14-33-23)34-22-32-9-10-35-22/h2-6,11-13,16,21,33H,7-10,14-15H2,1H3,(H,32,34)/t16-,21+,23?/m1/s1. The highest BCUT2D eigenvalue weighted by atomic mass is 19.4. The number of halogens is 6. The van der Waals surface area contributed by atoms with Crippen molar-refractivity contribution in [3.8, 4) is 0 Å². The second-order valence-corrected chi connectivity index (χ2v) is 9.02. The summed E-state index contributed by atoms with van der Waals surface area (Å²) in [5, 5.41) is 6.54. The first-order valence-electron chi connectivity index (χ1n) is 11.6. The van der Waals surface area contributed by atoms with Gasteiger partial charge in [0.1, 0.15) is 6.61 Å². The Balaban J connectivity index is 1.54. The van der Waals surface area contributed by atoms with E-state index in [0.717, 1.165) is 5.56 Å². The Kier molecular flexibility index (Phi) is 7.51. The minimum Gasteiger partial charge on any atom is -0.463 e. The Morgan fingerprint density at radius 2 is 1.72 bits per heavy atom. The number of benzene rings is 2. The van der Waals surface area contributed by atoms with Crippen molar-refractivity contribution in [2.24, 2.45) is 4.99 Å². The van der Waals surface area contributed by atoms with Crippen LogP contribution < -0.4 is 10.6 Å². The highest BCUT2D eigenvalue weighted by molar-refractivity contribution is 5.75. The van der Waals surface area contributed by atoms with Crippen LogP contribution in [0.15, 0.2) is 53.5 Å². The van der Waals surface area contributed by atoms with Gasteiger partial charge in [0.05, 0.1) is 42.0 Å². The quantitative estimate of drug-likeness (QED) is 0.505. The Hall–Kier alpha value is -2.79. The number of hydrogen-bond donors (Lipinski definition) is 2. The molecule has 2 fully saturated rings. The van der Waals surface area contributed by atoms with Crippen molar-refractivity contribution in [2.75, 3.05) is 26.3 Å². The normalized spacial score (nSPS) is 24.9. The Labute approximate surface area is 204 Å². The fourth-order valence-electron chi connectivity index (χ4n) is 4.42. The minimum absolute atomic E-state index is 0.0438. The Morgan fingerprint density at radius 3 is 2.25 bits per heavy atom. The fourth-order valence-corrected chi connectivity index (χ4v) is 4.42. The van der Waals surface area contributed by atoms with Gasteiger partial charge in [-0.3, -0.25) is 0 Å². The summed E-state index contributed by atoms with van der Waals surface area (Å²) in [5.74, 6) is 0. The van der Waals surface area contributed by atoms with Crippen molar-refractivity contribution in [2.45, 2.75) is 49.8 Å². The number of piperidine rings is 1. The monoisotopic (exact) mass is 515 g/mol. The van der Waals surface area contributed by atoms with Gasteiger partial charge >= 0.3 is 12.4 Å². The molecule has 0 saturated carbocycles. The molecular formula is C25H27F6N3O2. The predicted molar refractivity (Wildman–Crippen MR) is 121 cm³/mol. The predicted octanol–water partition coefficient (Wildman–Crippen LogP) is 5.43. The second kappa shape index (κ2) is 10.3. The molecular weight excluding hydrogens is 488 g/mol. The van der Waals surface area contributed by atoms with E-state index in [1.54, 1.807) is 0 Å². The molecule has 5 nitrogen and oxygen atoms in total. The third-order valence-electron chi connectivity index (χ3n) is 6.48. The number of alkyl halides is 6. The first-order chi connectivity index (χ1) is 17.0. The summed E-state index contributed by atoms with van der Waals surface area (Å²) in [7, 11) is 0.